The number of carboxylic acid groups (broad SMARTS) is 1. The van der Waals surface area contributed by atoms with Gasteiger partial charge in [-0.3, -0.25) is 14.6 Å². The highest BCUT2D eigenvalue weighted by Gasteiger charge is 2.19. The highest BCUT2D eigenvalue weighted by Crippen LogP contribution is 2.33. The number of aromatic nitrogens is 3. The lowest BCUT2D eigenvalue weighted by molar-refractivity contribution is -0.137. The monoisotopic (exact) mass is 408 g/mol. The Morgan fingerprint density at radius 1 is 1.20 bits per heavy atom. The molecular weight excluding hydrogens is 380 g/mol. The van der Waals surface area contributed by atoms with Crippen molar-refractivity contribution in [2.75, 3.05) is 0 Å². The van der Waals surface area contributed by atoms with Crippen molar-refractivity contribution in [2.45, 2.75) is 59.4 Å². The van der Waals surface area contributed by atoms with E-state index in [4.69, 9.17) is 10.2 Å². The van der Waals surface area contributed by atoms with E-state index >= 15 is 0 Å². The minimum Gasteiger partial charge on any atom is -0.481 e. The van der Waals surface area contributed by atoms with E-state index in [9.17, 15) is 9.59 Å². The Balaban J connectivity index is 2.17. The van der Waals surface area contributed by atoms with Gasteiger partial charge in [0.25, 0.3) is 0 Å². The van der Waals surface area contributed by atoms with Crippen LogP contribution in [-0.4, -0.2) is 31.6 Å². The molecule has 0 spiro atoms. The van der Waals surface area contributed by atoms with E-state index in [2.05, 4.69) is 35.4 Å². The number of carbonyl (C=O) groups is 2. The van der Waals surface area contributed by atoms with E-state index < -0.39 is 5.97 Å². The average Bonchev–Trinajstić information content (AvgIpc) is 3.11. The molecule has 0 bridgehead atoms. The third kappa shape index (κ3) is 4.84. The zero-order valence-electron chi connectivity index (χ0n) is 17.7. The van der Waals surface area contributed by atoms with Gasteiger partial charge in [0.05, 0.1) is 17.8 Å². The maximum Gasteiger partial charge on any atom is 0.303 e. The van der Waals surface area contributed by atoms with Gasteiger partial charge in [0.1, 0.15) is 0 Å². The Morgan fingerprint density at radius 2 is 2.00 bits per heavy atom. The zero-order valence-corrected chi connectivity index (χ0v) is 17.7. The lowest BCUT2D eigenvalue weighted by Crippen LogP contribution is -2.22. The zero-order chi connectivity index (χ0) is 21.7. The maximum absolute atomic E-state index is 11.6. The molecule has 3 aromatic heterocycles. The van der Waals surface area contributed by atoms with Crippen molar-refractivity contribution in [2.24, 2.45) is 0 Å². The number of carbonyl (C=O) groups excluding carboxylic acids is 1. The molecule has 0 aliphatic rings. The Morgan fingerprint density at radius 3 is 2.67 bits per heavy atom. The summed E-state index contributed by atoms with van der Waals surface area (Å²) >= 11 is 0. The second-order valence-corrected chi connectivity index (χ2v) is 7.54. The van der Waals surface area contributed by atoms with E-state index in [-0.39, 0.29) is 12.3 Å². The van der Waals surface area contributed by atoms with Gasteiger partial charge in [-0.1, -0.05) is 6.92 Å². The molecule has 0 aliphatic carbocycles. The summed E-state index contributed by atoms with van der Waals surface area (Å²) in [5.74, 6) is -0.903. The van der Waals surface area contributed by atoms with Crippen LogP contribution < -0.4 is 5.32 Å². The molecule has 0 fully saturated rings. The van der Waals surface area contributed by atoms with E-state index in [1.807, 2.05) is 23.8 Å². The predicted molar refractivity (Wildman–Crippen MR) is 115 cm³/mol. The van der Waals surface area contributed by atoms with E-state index in [1.54, 1.807) is 0 Å². The van der Waals surface area contributed by atoms with Crippen molar-refractivity contribution in [3.8, 4) is 11.1 Å². The fourth-order valence-corrected chi connectivity index (χ4v) is 3.74. The molecule has 0 saturated heterocycles. The van der Waals surface area contributed by atoms with Gasteiger partial charge in [0.15, 0.2) is 0 Å². The summed E-state index contributed by atoms with van der Waals surface area (Å²) in [6, 6.07) is 6.25. The van der Waals surface area contributed by atoms with Gasteiger partial charge in [-0.25, -0.2) is 4.52 Å². The summed E-state index contributed by atoms with van der Waals surface area (Å²) in [6.07, 6.45) is 6.65. The van der Waals surface area contributed by atoms with Crippen molar-refractivity contribution < 1.29 is 14.7 Å². The molecule has 0 atom stereocenters. The van der Waals surface area contributed by atoms with Gasteiger partial charge in [0.2, 0.25) is 5.91 Å². The number of aliphatic carboxylic acids is 1. The third-order valence-corrected chi connectivity index (χ3v) is 5.16. The first-order valence-electron chi connectivity index (χ1n) is 10.3. The van der Waals surface area contributed by atoms with Crippen molar-refractivity contribution in [3.63, 3.8) is 0 Å². The molecule has 0 unspecified atom stereocenters. The summed E-state index contributed by atoms with van der Waals surface area (Å²) < 4.78 is 1.95. The molecule has 3 rings (SSSR count). The molecule has 3 aromatic rings. The lowest BCUT2D eigenvalue weighted by atomic mass is 9.94. The average molecular weight is 409 g/mol. The van der Waals surface area contributed by atoms with Crippen LogP contribution in [0, 0.1) is 6.92 Å². The summed E-state index contributed by atoms with van der Waals surface area (Å²) in [5, 5.41) is 16.7. The van der Waals surface area contributed by atoms with E-state index in [0.29, 0.717) is 19.4 Å². The van der Waals surface area contributed by atoms with Gasteiger partial charge in [-0.05, 0) is 61.9 Å². The number of carboxylic acids is 1. The van der Waals surface area contributed by atoms with Crippen LogP contribution in [0.2, 0.25) is 0 Å². The van der Waals surface area contributed by atoms with E-state index in [0.717, 1.165) is 52.0 Å². The number of unbranched alkanes of at least 4 members (excludes halogenated alkanes) is 1. The molecule has 7 heteroatoms. The number of rotatable bonds is 9. The van der Waals surface area contributed by atoms with Crippen LogP contribution >= 0.6 is 0 Å². The van der Waals surface area contributed by atoms with Crippen molar-refractivity contribution >= 4 is 17.4 Å². The Bertz CT molecular complexity index is 1070. The molecule has 3 heterocycles. The number of hydrogen-bond acceptors (Lipinski definition) is 4. The molecule has 1 amide bonds. The van der Waals surface area contributed by atoms with Crippen LogP contribution in [-0.2, 0) is 29.0 Å². The van der Waals surface area contributed by atoms with Gasteiger partial charge in [0, 0.05) is 42.6 Å². The smallest absolute Gasteiger partial charge is 0.303 e. The third-order valence-electron chi connectivity index (χ3n) is 5.16. The van der Waals surface area contributed by atoms with Crippen molar-refractivity contribution in [3.05, 3.63) is 53.1 Å². The van der Waals surface area contributed by atoms with Crippen LogP contribution in [0.1, 0.15) is 55.6 Å². The number of amides is 1. The Kier molecular flexibility index (Phi) is 6.82. The summed E-state index contributed by atoms with van der Waals surface area (Å²) in [7, 11) is 0. The highest BCUT2D eigenvalue weighted by atomic mass is 16.4. The number of fused-ring (bicyclic) bond motifs is 1. The van der Waals surface area contributed by atoms with Crippen LogP contribution in [0.3, 0.4) is 0 Å². The van der Waals surface area contributed by atoms with Crippen molar-refractivity contribution in [1.82, 2.24) is 19.9 Å². The van der Waals surface area contributed by atoms with Gasteiger partial charge in [-0.15, -0.1) is 0 Å². The van der Waals surface area contributed by atoms with E-state index in [1.165, 1.54) is 6.92 Å². The number of aryl methyl sites for hydroxylation is 2. The molecule has 0 saturated carbocycles. The molecule has 0 aliphatic heterocycles. The summed E-state index contributed by atoms with van der Waals surface area (Å²) in [5.41, 5.74) is 7.04. The highest BCUT2D eigenvalue weighted by molar-refractivity contribution is 5.84. The molecule has 0 radical (unpaired) electrons. The second kappa shape index (κ2) is 9.52. The molecule has 7 nitrogen and oxygen atoms in total. The predicted octanol–water partition coefficient (Wildman–Crippen LogP) is 3.70. The molecule has 30 heavy (non-hydrogen) atoms. The maximum atomic E-state index is 11.6. The number of hydrogen-bond donors (Lipinski definition) is 2. The first-order chi connectivity index (χ1) is 14.4. The quantitative estimate of drug-likeness (QED) is 0.526. The topological polar surface area (TPSA) is 96.6 Å². The minimum atomic E-state index is -0.788. The molecule has 158 valence electrons. The fourth-order valence-electron chi connectivity index (χ4n) is 3.74. The van der Waals surface area contributed by atoms with Gasteiger partial charge < -0.3 is 10.4 Å². The standard InChI is InChI=1S/C23H28N4O3/c1-4-18-9-10-21-23(17-11-15(2)12-24-13-17)19(7-5-6-8-22(29)30)20(26-27(18)21)14-25-16(3)28/h9-13H,4-8,14H2,1-3H3,(H,25,28)(H,29,30). The summed E-state index contributed by atoms with van der Waals surface area (Å²) in [4.78, 5) is 26.9. The van der Waals surface area contributed by atoms with Gasteiger partial charge in [-0.2, -0.15) is 5.10 Å². The second-order valence-electron chi connectivity index (χ2n) is 7.54. The number of nitrogens with zero attached hydrogens (tertiary/aromatic N) is 3. The first-order valence-corrected chi connectivity index (χ1v) is 10.3. The Labute approximate surface area is 176 Å². The van der Waals surface area contributed by atoms with Crippen molar-refractivity contribution in [1.29, 1.82) is 0 Å². The molecule has 2 N–H and O–H groups in total. The number of pyridine rings is 1. The van der Waals surface area contributed by atoms with Crippen LogP contribution in [0.5, 0.6) is 0 Å². The normalized spacial score (nSPS) is 11.0. The molecule has 0 aromatic carbocycles. The number of nitrogens with one attached hydrogen (secondary N) is 1. The van der Waals surface area contributed by atoms with Gasteiger partial charge >= 0.3 is 5.97 Å². The van der Waals surface area contributed by atoms with Crippen LogP contribution in [0.15, 0.2) is 30.6 Å². The first kappa shape index (κ1) is 21.5. The van der Waals surface area contributed by atoms with Crippen LogP contribution in [0.25, 0.3) is 16.6 Å². The Hall–Kier alpha value is -3.22. The lowest BCUT2D eigenvalue weighted by Gasteiger charge is -2.18. The van der Waals surface area contributed by atoms with Crippen LogP contribution in [0.4, 0.5) is 0 Å². The SMILES string of the molecule is CCc1ccc2c(-c3cncc(C)c3)c(CCCCC(=O)O)c(CNC(C)=O)nn12. The summed E-state index contributed by atoms with van der Waals surface area (Å²) in [6.45, 7) is 5.91. The largest absolute Gasteiger partial charge is 0.481 e. The molecular formula is C23H28N4O3. The minimum absolute atomic E-state index is 0.115. The fraction of sp³-hybridized carbons (Fsp3) is 0.391.